The Kier molecular flexibility index (Phi) is 6.44. The van der Waals surface area contributed by atoms with E-state index in [1.807, 2.05) is 49.1 Å². The minimum Gasteiger partial charge on any atom is -0.351 e. The van der Waals surface area contributed by atoms with Crippen LogP contribution in [0.5, 0.6) is 0 Å². The molecule has 6 nitrogen and oxygen atoms in total. The molecule has 0 bridgehead atoms. The lowest BCUT2D eigenvalue weighted by atomic mass is 10.2. The van der Waals surface area contributed by atoms with Gasteiger partial charge in [0.1, 0.15) is 5.82 Å². The molecule has 1 aromatic heterocycles. The van der Waals surface area contributed by atoms with Gasteiger partial charge in [-0.05, 0) is 43.3 Å². The Morgan fingerprint density at radius 1 is 1.21 bits per heavy atom. The number of carbonyl (C=O) groups excluding carboxylic acids is 1. The molecule has 1 unspecified atom stereocenters. The summed E-state index contributed by atoms with van der Waals surface area (Å²) in [7, 11) is 0. The number of benzene rings is 2. The zero-order chi connectivity index (χ0) is 20.1. The van der Waals surface area contributed by atoms with Crippen LogP contribution in [0, 0.1) is 0 Å². The fourth-order valence-electron chi connectivity index (χ4n) is 3.03. The third kappa shape index (κ3) is 4.77. The number of rotatable bonds is 7. The van der Waals surface area contributed by atoms with Gasteiger partial charge in [-0.15, -0.1) is 0 Å². The summed E-state index contributed by atoms with van der Waals surface area (Å²) in [6.45, 7) is 5.28. The van der Waals surface area contributed by atoms with Gasteiger partial charge in [0.2, 0.25) is 5.91 Å². The highest BCUT2D eigenvalue weighted by molar-refractivity contribution is 6.30. The van der Waals surface area contributed by atoms with Crippen LogP contribution >= 0.6 is 11.6 Å². The number of H-pyrrole nitrogens is 1. The normalized spacial score (nSPS) is 12.3. The predicted octanol–water partition coefficient (Wildman–Crippen LogP) is 3.10. The molecule has 0 saturated heterocycles. The second kappa shape index (κ2) is 8.99. The van der Waals surface area contributed by atoms with Crippen molar-refractivity contribution in [1.82, 2.24) is 20.2 Å². The second-order valence-corrected chi connectivity index (χ2v) is 7.05. The van der Waals surface area contributed by atoms with Gasteiger partial charge in [-0.1, -0.05) is 42.8 Å². The lowest BCUT2D eigenvalue weighted by Crippen LogP contribution is -2.44. The first kappa shape index (κ1) is 20.0. The molecule has 1 atom stereocenters. The number of nitrogens with zero attached hydrogens (tertiary/aromatic N) is 2. The van der Waals surface area contributed by atoms with Crippen LogP contribution in [0.2, 0.25) is 5.02 Å². The van der Waals surface area contributed by atoms with Gasteiger partial charge in [0.05, 0.1) is 23.5 Å². The third-order valence-corrected chi connectivity index (χ3v) is 4.98. The topological polar surface area (TPSA) is 78.1 Å². The molecule has 0 radical (unpaired) electrons. The third-order valence-electron chi connectivity index (χ3n) is 4.73. The summed E-state index contributed by atoms with van der Waals surface area (Å²) in [5.41, 5.74) is 1.46. The Labute approximate surface area is 168 Å². The number of aromatic nitrogens is 2. The Balaban J connectivity index is 1.67. The lowest BCUT2D eigenvalue weighted by molar-refractivity contribution is -0.126. The molecule has 0 fully saturated rings. The molecule has 2 aromatic carbocycles. The van der Waals surface area contributed by atoms with Crippen LogP contribution in [-0.4, -0.2) is 33.4 Å². The summed E-state index contributed by atoms with van der Waals surface area (Å²) in [6, 6.07) is 14.2. The van der Waals surface area contributed by atoms with Gasteiger partial charge in [0.25, 0.3) is 5.56 Å². The standard InChI is InChI=1S/C21H23ClN4O2/c1-3-26(13-19-24-18-7-5-4-6-17(18)21(28)25-19)14(2)20(27)23-12-15-8-10-16(22)11-9-15/h4-11,14H,3,12-13H2,1-2H3,(H,23,27)(H,24,25,28). The Hall–Kier alpha value is -2.70. The summed E-state index contributed by atoms with van der Waals surface area (Å²) in [5.74, 6) is 0.461. The largest absolute Gasteiger partial charge is 0.351 e. The molecule has 0 saturated carbocycles. The number of aromatic amines is 1. The number of hydrogen-bond donors (Lipinski definition) is 2. The number of fused-ring (bicyclic) bond motifs is 1. The minimum absolute atomic E-state index is 0.0834. The van der Waals surface area contributed by atoms with Crippen molar-refractivity contribution in [2.75, 3.05) is 6.54 Å². The minimum atomic E-state index is -0.367. The van der Waals surface area contributed by atoms with E-state index in [9.17, 15) is 9.59 Å². The number of nitrogens with one attached hydrogen (secondary N) is 2. The summed E-state index contributed by atoms with van der Waals surface area (Å²) in [5, 5.41) is 4.17. The highest BCUT2D eigenvalue weighted by Crippen LogP contribution is 2.11. The predicted molar refractivity (Wildman–Crippen MR) is 111 cm³/mol. The van der Waals surface area contributed by atoms with Gasteiger partial charge in [0.15, 0.2) is 0 Å². The fraction of sp³-hybridized carbons (Fsp3) is 0.286. The lowest BCUT2D eigenvalue weighted by Gasteiger charge is -2.26. The molecular weight excluding hydrogens is 376 g/mol. The number of halogens is 1. The first-order valence-electron chi connectivity index (χ1n) is 9.22. The average Bonchev–Trinajstić information content (AvgIpc) is 2.71. The van der Waals surface area contributed by atoms with Crippen molar-refractivity contribution in [3.63, 3.8) is 0 Å². The SMILES string of the molecule is CCN(Cc1nc2ccccc2c(=O)[nH]1)C(C)C(=O)NCc1ccc(Cl)cc1. The Morgan fingerprint density at radius 3 is 2.64 bits per heavy atom. The van der Waals surface area contributed by atoms with Crippen LogP contribution in [-0.2, 0) is 17.9 Å². The molecule has 2 N–H and O–H groups in total. The van der Waals surface area contributed by atoms with Crippen molar-refractivity contribution < 1.29 is 4.79 Å². The molecule has 0 aliphatic carbocycles. The van der Waals surface area contributed by atoms with Crippen LogP contribution in [0.25, 0.3) is 10.9 Å². The molecule has 0 aliphatic heterocycles. The van der Waals surface area contributed by atoms with Crippen molar-refractivity contribution in [3.05, 3.63) is 75.3 Å². The number of para-hydroxylation sites is 1. The quantitative estimate of drug-likeness (QED) is 0.641. The van der Waals surface area contributed by atoms with E-state index < -0.39 is 0 Å². The van der Waals surface area contributed by atoms with E-state index in [1.54, 1.807) is 18.2 Å². The molecule has 0 aliphatic rings. The van der Waals surface area contributed by atoms with Crippen molar-refractivity contribution in [2.24, 2.45) is 0 Å². The highest BCUT2D eigenvalue weighted by Gasteiger charge is 2.21. The zero-order valence-corrected chi connectivity index (χ0v) is 16.7. The summed E-state index contributed by atoms with van der Waals surface area (Å²) >= 11 is 5.88. The number of likely N-dealkylation sites (N-methyl/N-ethyl adjacent to an activating group) is 1. The smallest absolute Gasteiger partial charge is 0.258 e. The number of carbonyl (C=O) groups is 1. The molecular formula is C21H23ClN4O2. The maximum Gasteiger partial charge on any atom is 0.258 e. The van der Waals surface area contributed by atoms with Gasteiger partial charge < -0.3 is 10.3 Å². The van der Waals surface area contributed by atoms with Crippen LogP contribution in [0.1, 0.15) is 25.2 Å². The van der Waals surface area contributed by atoms with Crippen molar-refractivity contribution in [2.45, 2.75) is 33.0 Å². The maximum absolute atomic E-state index is 12.6. The number of amides is 1. The Morgan fingerprint density at radius 2 is 1.93 bits per heavy atom. The fourth-order valence-corrected chi connectivity index (χ4v) is 3.16. The summed E-state index contributed by atoms with van der Waals surface area (Å²) < 4.78 is 0. The first-order chi connectivity index (χ1) is 13.5. The molecule has 28 heavy (non-hydrogen) atoms. The van der Waals surface area contributed by atoms with Crippen LogP contribution in [0.3, 0.4) is 0 Å². The van der Waals surface area contributed by atoms with E-state index in [0.717, 1.165) is 5.56 Å². The highest BCUT2D eigenvalue weighted by atomic mass is 35.5. The molecule has 1 amide bonds. The average molecular weight is 399 g/mol. The van der Waals surface area contributed by atoms with Gasteiger partial charge in [-0.2, -0.15) is 0 Å². The number of hydrogen-bond acceptors (Lipinski definition) is 4. The molecule has 3 aromatic rings. The van der Waals surface area contributed by atoms with Crippen molar-refractivity contribution in [1.29, 1.82) is 0 Å². The van der Waals surface area contributed by atoms with E-state index in [0.29, 0.717) is 41.4 Å². The van der Waals surface area contributed by atoms with E-state index in [-0.39, 0.29) is 17.5 Å². The second-order valence-electron chi connectivity index (χ2n) is 6.61. The van der Waals surface area contributed by atoms with Crippen molar-refractivity contribution in [3.8, 4) is 0 Å². The monoisotopic (exact) mass is 398 g/mol. The summed E-state index contributed by atoms with van der Waals surface area (Å²) in [4.78, 5) is 34.1. The van der Waals surface area contributed by atoms with Crippen molar-refractivity contribution >= 4 is 28.4 Å². The maximum atomic E-state index is 12.6. The summed E-state index contributed by atoms with van der Waals surface area (Å²) in [6.07, 6.45) is 0. The molecule has 7 heteroatoms. The van der Waals surface area contributed by atoms with Crippen LogP contribution in [0.15, 0.2) is 53.3 Å². The molecule has 146 valence electrons. The van der Waals surface area contributed by atoms with Crippen LogP contribution < -0.4 is 10.9 Å². The molecule has 1 heterocycles. The van der Waals surface area contributed by atoms with Gasteiger partial charge in [-0.3, -0.25) is 14.5 Å². The molecule has 3 rings (SSSR count). The first-order valence-corrected chi connectivity index (χ1v) is 9.60. The van der Waals surface area contributed by atoms with E-state index in [1.165, 1.54) is 0 Å². The zero-order valence-electron chi connectivity index (χ0n) is 15.9. The van der Waals surface area contributed by atoms with E-state index in [4.69, 9.17) is 11.6 Å². The van der Waals surface area contributed by atoms with E-state index >= 15 is 0 Å². The van der Waals surface area contributed by atoms with Gasteiger partial charge in [0, 0.05) is 11.6 Å². The molecule has 0 spiro atoms. The van der Waals surface area contributed by atoms with Crippen LogP contribution in [0.4, 0.5) is 0 Å². The Bertz CT molecular complexity index is 1020. The van der Waals surface area contributed by atoms with E-state index in [2.05, 4.69) is 15.3 Å². The van der Waals surface area contributed by atoms with Gasteiger partial charge in [-0.25, -0.2) is 4.98 Å². The van der Waals surface area contributed by atoms with Gasteiger partial charge >= 0.3 is 0 Å².